The second-order valence-corrected chi connectivity index (χ2v) is 11.3. The molecule has 44 heavy (non-hydrogen) atoms. The zero-order valence-corrected chi connectivity index (χ0v) is 25.3. The molecule has 5 rings (SSSR count). The van der Waals surface area contributed by atoms with Gasteiger partial charge < -0.3 is 25.6 Å². The van der Waals surface area contributed by atoms with Crippen LogP contribution in [-0.4, -0.2) is 46.7 Å². The van der Waals surface area contributed by atoms with Gasteiger partial charge in [-0.15, -0.1) is 0 Å². The molecule has 0 spiro atoms. The Kier molecular flexibility index (Phi) is 8.80. The number of alkyl halides is 2. The van der Waals surface area contributed by atoms with Crippen molar-refractivity contribution in [3.63, 3.8) is 0 Å². The Hall–Kier alpha value is -4.23. The third-order valence-corrected chi connectivity index (χ3v) is 7.92. The van der Waals surface area contributed by atoms with E-state index < -0.39 is 29.8 Å². The number of primary amides is 1. The van der Waals surface area contributed by atoms with Crippen molar-refractivity contribution in [2.24, 2.45) is 11.7 Å². The minimum absolute atomic E-state index is 0.000911. The molecule has 0 bridgehead atoms. The number of pyridine rings is 2. The lowest BCUT2D eigenvalue weighted by Crippen LogP contribution is -2.43. The van der Waals surface area contributed by atoms with Gasteiger partial charge in [0.25, 0.3) is 11.8 Å². The molecule has 13 heteroatoms. The van der Waals surface area contributed by atoms with E-state index in [9.17, 15) is 23.5 Å². The molecule has 0 saturated heterocycles. The first-order valence-electron chi connectivity index (χ1n) is 13.7. The molecule has 1 saturated carbocycles. The van der Waals surface area contributed by atoms with Crippen LogP contribution in [0.15, 0.2) is 53.1 Å². The minimum atomic E-state index is -3.14. The molecule has 2 aromatic carbocycles. The molecule has 230 valence electrons. The number of nitrogens with one attached hydrogen (secondary N) is 1. The van der Waals surface area contributed by atoms with E-state index in [-0.39, 0.29) is 68.6 Å². The maximum absolute atomic E-state index is 15.3. The number of carbonyl (C=O) groups excluding carboxylic acids is 2. The monoisotopic (exact) mass is 672 g/mol. The number of fused-ring (bicyclic) bond motifs is 1. The first-order chi connectivity index (χ1) is 20.9. The largest absolute Gasteiger partial charge is 0.491 e. The molecular weight excluding hydrogens is 645 g/mol. The Bertz CT molecular complexity index is 1770. The lowest BCUT2D eigenvalue weighted by molar-refractivity contribution is -0.0489. The summed E-state index contributed by atoms with van der Waals surface area (Å²) in [7, 11) is 0. The van der Waals surface area contributed by atoms with Crippen molar-refractivity contribution in [2.45, 2.75) is 38.9 Å². The van der Waals surface area contributed by atoms with Gasteiger partial charge in [0.05, 0.1) is 28.9 Å². The van der Waals surface area contributed by atoms with Crippen LogP contribution < -0.4 is 20.5 Å². The second kappa shape index (κ2) is 12.4. The van der Waals surface area contributed by atoms with Crippen molar-refractivity contribution in [3.8, 4) is 22.8 Å². The first-order valence-corrected chi connectivity index (χ1v) is 14.5. The molecule has 2 heterocycles. The van der Waals surface area contributed by atoms with E-state index in [0.29, 0.717) is 18.2 Å². The highest BCUT2D eigenvalue weighted by Crippen LogP contribution is 2.47. The predicted molar refractivity (Wildman–Crippen MR) is 159 cm³/mol. The fourth-order valence-electron chi connectivity index (χ4n) is 5.06. The number of aliphatic hydroxyl groups is 1. The van der Waals surface area contributed by atoms with Gasteiger partial charge in [0, 0.05) is 22.7 Å². The highest BCUT2D eigenvalue weighted by Gasteiger charge is 2.47. The molecule has 1 atom stereocenters. The van der Waals surface area contributed by atoms with Crippen molar-refractivity contribution in [1.29, 1.82) is 0 Å². The van der Waals surface area contributed by atoms with Crippen molar-refractivity contribution < 1.29 is 37.3 Å². The van der Waals surface area contributed by atoms with Gasteiger partial charge in [-0.1, -0.05) is 6.07 Å². The molecule has 4 N–H and O–H groups in total. The smallest absolute Gasteiger partial charge is 0.387 e. The predicted octanol–water partition coefficient (Wildman–Crippen LogP) is 5.63. The van der Waals surface area contributed by atoms with Crippen LogP contribution in [0, 0.1) is 18.7 Å². The zero-order chi connectivity index (χ0) is 31.8. The van der Waals surface area contributed by atoms with Crippen LogP contribution >= 0.6 is 15.9 Å². The number of benzene rings is 2. The summed E-state index contributed by atoms with van der Waals surface area (Å²) >= 11 is 3.16. The highest BCUT2D eigenvalue weighted by molar-refractivity contribution is 9.10. The van der Waals surface area contributed by atoms with E-state index in [1.54, 1.807) is 26.0 Å². The van der Waals surface area contributed by atoms with Crippen LogP contribution in [0.25, 0.3) is 22.2 Å². The highest BCUT2D eigenvalue weighted by atomic mass is 79.9. The van der Waals surface area contributed by atoms with Gasteiger partial charge >= 0.3 is 6.61 Å². The van der Waals surface area contributed by atoms with Crippen LogP contribution in [0.3, 0.4) is 0 Å². The van der Waals surface area contributed by atoms with Crippen molar-refractivity contribution in [3.05, 3.63) is 81.3 Å². The van der Waals surface area contributed by atoms with Crippen molar-refractivity contribution >= 4 is 38.6 Å². The molecule has 2 aromatic heterocycles. The summed E-state index contributed by atoms with van der Waals surface area (Å²) in [6.07, 6.45) is 2.66. The number of halogens is 4. The summed E-state index contributed by atoms with van der Waals surface area (Å²) in [6.45, 7) is 0.0450. The zero-order valence-electron chi connectivity index (χ0n) is 23.7. The van der Waals surface area contributed by atoms with Crippen molar-refractivity contribution in [1.82, 2.24) is 15.3 Å². The topological polar surface area (TPSA) is 137 Å². The van der Waals surface area contributed by atoms with E-state index >= 15 is 4.39 Å². The number of hydrogen-bond acceptors (Lipinski definition) is 7. The lowest BCUT2D eigenvalue weighted by Gasteiger charge is -2.29. The van der Waals surface area contributed by atoms with Gasteiger partial charge in [-0.3, -0.25) is 14.6 Å². The SMILES string of the molecule is CCOc1c(C(N)=O)cc([C@@](O)(CNC(=O)c2cc(OC(F)F)c3ncc(C)cc3c2)C2CC2)nc1-c1cccc(Br)c1F. The number of rotatable bonds is 11. The molecule has 9 nitrogen and oxygen atoms in total. The molecule has 4 aromatic rings. The van der Waals surface area contributed by atoms with E-state index in [4.69, 9.17) is 10.5 Å². The summed E-state index contributed by atoms with van der Waals surface area (Å²) in [4.78, 5) is 34.7. The molecule has 0 unspecified atom stereocenters. The standard InChI is InChI=1S/C31H28BrF3N4O5/c1-3-43-27-20(28(36)40)12-23(39-26(27)19-5-4-6-21(32)24(19)33)31(42,18-7-8-18)14-38-29(41)17-10-16-9-15(2)13-37-25(16)22(11-17)44-30(34)35/h4-6,9-13,18,30,42H,3,7-8,14H2,1-2H3,(H2,36,40)(H,38,41)/t31-/m1/s1. The molecule has 0 radical (unpaired) electrons. The lowest BCUT2D eigenvalue weighted by atomic mass is 9.90. The Balaban J connectivity index is 1.55. The fourth-order valence-corrected chi connectivity index (χ4v) is 5.43. The second-order valence-electron chi connectivity index (χ2n) is 10.4. The Morgan fingerprint density at radius 1 is 1.23 bits per heavy atom. The van der Waals surface area contributed by atoms with Crippen LogP contribution in [0.1, 0.15) is 51.7 Å². The first kappa shape index (κ1) is 31.2. The number of nitrogens with zero attached hydrogens (tertiary/aromatic N) is 2. The fraction of sp³-hybridized carbons (Fsp3) is 0.290. The quantitative estimate of drug-likeness (QED) is 0.188. The number of hydrogen-bond donors (Lipinski definition) is 3. The number of aromatic nitrogens is 2. The molecule has 1 fully saturated rings. The van der Waals surface area contributed by atoms with Crippen LogP contribution in [0.5, 0.6) is 11.5 Å². The van der Waals surface area contributed by atoms with Gasteiger partial charge in [-0.2, -0.15) is 8.78 Å². The minimum Gasteiger partial charge on any atom is -0.491 e. The molecule has 0 aliphatic heterocycles. The van der Waals surface area contributed by atoms with Crippen LogP contribution in [-0.2, 0) is 5.60 Å². The van der Waals surface area contributed by atoms with Crippen LogP contribution in [0.2, 0.25) is 0 Å². The van der Waals surface area contributed by atoms with E-state index in [2.05, 4.69) is 36.0 Å². The average Bonchev–Trinajstić information content (AvgIpc) is 3.83. The summed E-state index contributed by atoms with van der Waals surface area (Å²) in [5.74, 6) is -2.93. The summed E-state index contributed by atoms with van der Waals surface area (Å²) in [6, 6.07) is 10.1. The normalized spacial score (nSPS) is 14.4. The summed E-state index contributed by atoms with van der Waals surface area (Å²) < 4.78 is 52.1. The van der Waals surface area contributed by atoms with E-state index in [1.165, 1.54) is 30.5 Å². The third kappa shape index (κ3) is 6.20. The summed E-state index contributed by atoms with van der Waals surface area (Å²) in [5, 5.41) is 15.1. The average molecular weight is 673 g/mol. The number of amides is 2. The number of carbonyl (C=O) groups is 2. The number of ether oxygens (including phenoxy) is 2. The Morgan fingerprint density at radius 2 is 1.98 bits per heavy atom. The van der Waals surface area contributed by atoms with Crippen LogP contribution in [0.4, 0.5) is 13.2 Å². The molecule has 1 aliphatic carbocycles. The number of nitrogens with two attached hydrogens (primary N) is 1. The summed E-state index contributed by atoms with van der Waals surface area (Å²) in [5.41, 5.74) is 4.59. The maximum Gasteiger partial charge on any atom is 0.387 e. The third-order valence-electron chi connectivity index (χ3n) is 7.31. The van der Waals surface area contributed by atoms with Gasteiger partial charge in [0.2, 0.25) is 0 Å². The van der Waals surface area contributed by atoms with Gasteiger partial charge in [0.1, 0.15) is 22.6 Å². The van der Waals surface area contributed by atoms with Gasteiger partial charge in [0.15, 0.2) is 11.5 Å². The van der Waals surface area contributed by atoms with Crippen molar-refractivity contribution in [2.75, 3.05) is 13.2 Å². The molecule has 2 amide bonds. The number of aryl methyl sites for hydroxylation is 1. The Labute approximate surface area is 258 Å². The molecular formula is C31H28BrF3N4O5. The maximum atomic E-state index is 15.3. The van der Waals surface area contributed by atoms with Gasteiger partial charge in [-0.25, -0.2) is 9.37 Å². The molecule has 1 aliphatic rings. The van der Waals surface area contributed by atoms with E-state index in [1.807, 2.05) is 0 Å². The Morgan fingerprint density at radius 3 is 2.64 bits per heavy atom. The van der Waals surface area contributed by atoms with Gasteiger partial charge in [-0.05, 0) is 90.5 Å². The van der Waals surface area contributed by atoms with E-state index in [0.717, 1.165) is 11.6 Å².